The summed E-state index contributed by atoms with van der Waals surface area (Å²) in [4.78, 5) is 5.48. The van der Waals surface area contributed by atoms with E-state index in [-0.39, 0.29) is 0 Å². The second-order valence-corrected chi connectivity index (χ2v) is 9.14. The van der Waals surface area contributed by atoms with E-state index < -0.39 is 0 Å². The lowest BCUT2D eigenvalue weighted by Gasteiger charge is -2.15. The van der Waals surface area contributed by atoms with Gasteiger partial charge in [-0.05, 0) is 48.8 Å². The zero-order valence-electron chi connectivity index (χ0n) is 18.3. The predicted octanol–water partition coefficient (Wildman–Crippen LogP) is 7.82. The van der Waals surface area contributed by atoms with Crippen LogP contribution in [0.25, 0.3) is 4.96 Å². The molecular weight excluding hydrogens is 376 g/mol. The van der Waals surface area contributed by atoms with Crippen molar-refractivity contribution in [1.82, 2.24) is 9.38 Å². The summed E-state index contributed by atoms with van der Waals surface area (Å²) >= 11 is 1.74. The van der Waals surface area contributed by atoms with E-state index in [1.807, 2.05) is 6.20 Å². The van der Waals surface area contributed by atoms with Crippen LogP contribution in [0.1, 0.15) is 95.2 Å². The first kappa shape index (κ1) is 21.9. The van der Waals surface area contributed by atoms with Gasteiger partial charge in [-0.2, -0.15) is 0 Å². The number of aromatic nitrogens is 2. The predicted molar refractivity (Wildman–Crippen MR) is 124 cm³/mol. The van der Waals surface area contributed by atoms with Gasteiger partial charge in [0.15, 0.2) is 4.96 Å². The molecule has 0 bridgehead atoms. The number of imidazole rings is 1. The molecule has 0 N–H and O–H groups in total. The number of rotatable bonds is 13. The van der Waals surface area contributed by atoms with Crippen molar-refractivity contribution in [2.24, 2.45) is 0 Å². The molecule has 0 fully saturated rings. The summed E-state index contributed by atoms with van der Waals surface area (Å²) in [6.07, 6.45) is 14.0. The van der Waals surface area contributed by atoms with Crippen LogP contribution in [-0.2, 0) is 0 Å². The Hall–Kier alpha value is -1.81. The first-order valence-electron chi connectivity index (χ1n) is 11.3. The highest BCUT2D eigenvalue weighted by Crippen LogP contribution is 2.29. The Morgan fingerprint density at radius 1 is 0.966 bits per heavy atom. The molecule has 2 unspecified atom stereocenters. The van der Waals surface area contributed by atoms with Gasteiger partial charge in [-0.15, -0.1) is 11.3 Å². The van der Waals surface area contributed by atoms with Crippen LogP contribution in [0.15, 0.2) is 42.0 Å². The van der Waals surface area contributed by atoms with Crippen molar-refractivity contribution in [3.8, 4) is 5.75 Å². The van der Waals surface area contributed by atoms with Crippen LogP contribution >= 0.6 is 11.3 Å². The second kappa shape index (κ2) is 11.4. The van der Waals surface area contributed by atoms with Crippen LogP contribution in [0.4, 0.5) is 0 Å². The first-order valence-corrected chi connectivity index (χ1v) is 12.2. The average molecular weight is 413 g/mol. The highest BCUT2D eigenvalue weighted by atomic mass is 32.1. The lowest BCUT2D eigenvalue weighted by atomic mass is 9.92. The summed E-state index contributed by atoms with van der Waals surface area (Å²) in [6.45, 7) is 7.76. The number of nitrogens with zero attached hydrogens (tertiary/aromatic N) is 2. The molecule has 0 amide bonds. The molecule has 3 rings (SSSR count). The largest absolute Gasteiger partial charge is 0.494 e. The second-order valence-electron chi connectivity index (χ2n) is 8.31. The van der Waals surface area contributed by atoms with Crippen molar-refractivity contribution in [2.75, 3.05) is 6.61 Å². The maximum absolute atomic E-state index is 5.90. The van der Waals surface area contributed by atoms with Crippen molar-refractivity contribution in [3.05, 3.63) is 53.3 Å². The van der Waals surface area contributed by atoms with Crippen LogP contribution in [0.3, 0.4) is 0 Å². The lowest BCUT2D eigenvalue weighted by molar-refractivity contribution is 0.304. The smallest absolute Gasteiger partial charge is 0.193 e. The Balaban J connectivity index is 1.38. The first-order chi connectivity index (χ1) is 14.2. The van der Waals surface area contributed by atoms with E-state index in [9.17, 15) is 0 Å². The number of hydrogen-bond acceptors (Lipinski definition) is 3. The molecule has 0 aliphatic heterocycles. The van der Waals surface area contributed by atoms with Crippen molar-refractivity contribution in [3.63, 3.8) is 0 Å². The summed E-state index contributed by atoms with van der Waals surface area (Å²) in [5, 5.41) is 2.26. The van der Waals surface area contributed by atoms with Crippen molar-refractivity contribution in [1.29, 1.82) is 0 Å². The van der Waals surface area contributed by atoms with Gasteiger partial charge in [-0.25, -0.2) is 4.98 Å². The van der Waals surface area contributed by atoms with Gasteiger partial charge in [-0.3, -0.25) is 4.40 Å². The van der Waals surface area contributed by atoms with Gasteiger partial charge in [0, 0.05) is 23.5 Å². The van der Waals surface area contributed by atoms with Gasteiger partial charge >= 0.3 is 0 Å². The van der Waals surface area contributed by atoms with Gasteiger partial charge in [0.05, 0.1) is 6.61 Å². The number of benzene rings is 1. The molecule has 2 heterocycles. The third-order valence-corrected chi connectivity index (χ3v) is 6.79. The molecule has 3 aromatic rings. The summed E-state index contributed by atoms with van der Waals surface area (Å²) in [6, 6.07) is 8.77. The molecule has 0 aliphatic rings. The van der Waals surface area contributed by atoms with Gasteiger partial charge in [-0.1, -0.05) is 65.0 Å². The summed E-state index contributed by atoms with van der Waals surface area (Å²) in [5.41, 5.74) is 2.81. The molecule has 3 nitrogen and oxygen atoms in total. The molecule has 0 saturated heterocycles. The monoisotopic (exact) mass is 412 g/mol. The molecule has 158 valence electrons. The summed E-state index contributed by atoms with van der Waals surface area (Å²) < 4.78 is 8.13. The summed E-state index contributed by atoms with van der Waals surface area (Å²) in [5.74, 6) is 2.16. The number of hydrogen-bond donors (Lipinski definition) is 0. The fourth-order valence-electron chi connectivity index (χ4n) is 3.93. The van der Waals surface area contributed by atoms with E-state index in [4.69, 9.17) is 4.74 Å². The molecule has 2 atom stereocenters. The van der Waals surface area contributed by atoms with E-state index in [1.165, 1.54) is 56.2 Å². The van der Waals surface area contributed by atoms with Crippen LogP contribution in [0.5, 0.6) is 5.75 Å². The molecule has 1 aromatic carbocycles. The van der Waals surface area contributed by atoms with Crippen LogP contribution in [0.2, 0.25) is 0 Å². The molecule has 0 saturated carbocycles. The number of ether oxygens (including phenoxy) is 1. The molecular formula is C25H36N2OS. The van der Waals surface area contributed by atoms with Crippen molar-refractivity contribution >= 4 is 16.3 Å². The number of unbranched alkanes of at least 4 members (excludes halogenated alkanes) is 4. The zero-order valence-corrected chi connectivity index (χ0v) is 19.1. The Bertz CT molecular complexity index is 836. The van der Waals surface area contributed by atoms with Gasteiger partial charge in [0.1, 0.15) is 5.75 Å². The van der Waals surface area contributed by atoms with E-state index in [0.29, 0.717) is 11.8 Å². The Labute approximate surface area is 180 Å². The molecule has 2 aromatic heterocycles. The molecule has 0 aliphatic carbocycles. The quantitative estimate of drug-likeness (QED) is 0.267. The fourth-order valence-corrected chi connectivity index (χ4v) is 4.90. The van der Waals surface area contributed by atoms with Gasteiger partial charge in [0.25, 0.3) is 0 Å². The van der Waals surface area contributed by atoms with Crippen molar-refractivity contribution < 1.29 is 4.74 Å². The van der Waals surface area contributed by atoms with Gasteiger partial charge < -0.3 is 4.74 Å². The lowest BCUT2D eigenvalue weighted by Crippen LogP contribution is -2.00. The van der Waals surface area contributed by atoms with E-state index in [2.05, 4.69) is 66.0 Å². The minimum Gasteiger partial charge on any atom is -0.494 e. The minimum absolute atomic E-state index is 0.568. The zero-order chi connectivity index (χ0) is 20.5. The van der Waals surface area contributed by atoms with Crippen molar-refractivity contribution in [2.45, 2.75) is 84.0 Å². The fraction of sp³-hybridized carbons (Fsp3) is 0.560. The Kier molecular flexibility index (Phi) is 8.60. The average Bonchev–Trinajstić information content (AvgIpc) is 3.35. The van der Waals surface area contributed by atoms with E-state index in [0.717, 1.165) is 23.7 Å². The van der Waals surface area contributed by atoms with Crippen LogP contribution in [0, 0.1) is 0 Å². The van der Waals surface area contributed by atoms with Crippen LogP contribution in [-0.4, -0.2) is 16.0 Å². The third-order valence-electron chi connectivity index (χ3n) is 5.91. The number of fused-ring (bicyclic) bond motifs is 1. The molecule has 29 heavy (non-hydrogen) atoms. The van der Waals surface area contributed by atoms with Crippen LogP contribution < -0.4 is 4.74 Å². The highest BCUT2D eigenvalue weighted by molar-refractivity contribution is 7.15. The SMILES string of the molecule is CCCCCCCOc1ccc(C(C)CCCC(C)c2csc3nccn23)cc1. The molecule has 0 spiro atoms. The Morgan fingerprint density at radius 2 is 1.72 bits per heavy atom. The maximum atomic E-state index is 5.90. The van der Waals surface area contributed by atoms with Gasteiger partial charge in [0.2, 0.25) is 0 Å². The van der Waals surface area contributed by atoms with E-state index in [1.54, 1.807) is 11.3 Å². The third kappa shape index (κ3) is 6.33. The summed E-state index contributed by atoms with van der Waals surface area (Å²) in [7, 11) is 0. The van der Waals surface area contributed by atoms with E-state index >= 15 is 0 Å². The number of thiazole rings is 1. The standard InChI is InChI=1S/C25H36N2OS/c1-4-5-6-7-8-18-28-23-14-12-22(13-15-23)20(2)10-9-11-21(3)24-19-29-25-26-16-17-27(24)25/h12-17,19-21H,4-11,18H2,1-3H3. The topological polar surface area (TPSA) is 26.5 Å². The highest BCUT2D eigenvalue weighted by Gasteiger charge is 2.13. The Morgan fingerprint density at radius 3 is 2.52 bits per heavy atom. The molecule has 4 heteroatoms. The minimum atomic E-state index is 0.568. The molecule has 0 radical (unpaired) electrons. The maximum Gasteiger partial charge on any atom is 0.193 e. The normalized spacial score (nSPS) is 13.6.